The van der Waals surface area contributed by atoms with Crippen LogP contribution in [-0.2, 0) is 33.3 Å². The molecule has 3 aromatic carbocycles. The van der Waals surface area contributed by atoms with Gasteiger partial charge in [-0.1, -0.05) is 73.7 Å². The van der Waals surface area contributed by atoms with Gasteiger partial charge in [0.25, 0.3) is 0 Å². The van der Waals surface area contributed by atoms with Crippen molar-refractivity contribution in [2.24, 2.45) is 0 Å². The molecule has 7 heteroatoms. The molecule has 36 heavy (non-hydrogen) atoms. The van der Waals surface area contributed by atoms with Crippen LogP contribution in [0, 0.1) is 5.82 Å². The molecule has 0 aliphatic rings. The number of methoxy groups -OCH3 is 1. The van der Waals surface area contributed by atoms with Crippen molar-refractivity contribution in [3.05, 3.63) is 114 Å². The summed E-state index contributed by atoms with van der Waals surface area (Å²) in [5.41, 5.74) is 0.940. The Hall–Kier alpha value is -3.00. The third kappa shape index (κ3) is 6.40. The van der Waals surface area contributed by atoms with Gasteiger partial charge in [0.2, 0.25) is 10.0 Å². The van der Waals surface area contributed by atoms with E-state index >= 15 is 4.39 Å². The molecular formula is C29H34FNO4S. The van der Waals surface area contributed by atoms with Crippen LogP contribution in [0.5, 0.6) is 5.75 Å². The van der Waals surface area contributed by atoms with E-state index in [9.17, 15) is 8.42 Å². The summed E-state index contributed by atoms with van der Waals surface area (Å²) in [4.78, 5) is 0. The minimum Gasteiger partial charge on any atom is -0.497 e. The van der Waals surface area contributed by atoms with Gasteiger partial charge in [0, 0.05) is 19.0 Å². The molecule has 0 radical (unpaired) electrons. The summed E-state index contributed by atoms with van der Waals surface area (Å²) in [5, 5.41) is -1.06. The maximum absolute atomic E-state index is 15.1. The van der Waals surface area contributed by atoms with Gasteiger partial charge < -0.3 is 9.47 Å². The Kier molecular flexibility index (Phi) is 9.43. The molecule has 0 N–H and O–H groups in total. The fourth-order valence-electron chi connectivity index (χ4n) is 4.39. The summed E-state index contributed by atoms with van der Waals surface area (Å²) >= 11 is 0. The lowest BCUT2D eigenvalue weighted by molar-refractivity contribution is 0.104. The van der Waals surface area contributed by atoms with Crippen LogP contribution in [0.25, 0.3) is 0 Å². The molecule has 3 rings (SSSR count). The topological polar surface area (TPSA) is 55.8 Å². The van der Waals surface area contributed by atoms with E-state index in [4.69, 9.17) is 9.47 Å². The Balaban J connectivity index is 1.97. The van der Waals surface area contributed by atoms with Crippen LogP contribution in [0.4, 0.5) is 4.39 Å². The minimum atomic E-state index is -3.95. The van der Waals surface area contributed by atoms with E-state index in [2.05, 4.69) is 6.58 Å². The number of benzene rings is 3. The fourth-order valence-corrected chi connectivity index (χ4v) is 6.30. The maximum Gasteiger partial charge on any atom is 0.220 e. The molecule has 192 valence electrons. The number of nitrogens with zero attached hydrogens (tertiary/aromatic N) is 1. The number of ether oxygens (including phenoxy) is 2. The smallest absolute Gasteiger partial charge is 0.220 e. The van der Waals surface area contributed by atoms with Gasteiger partial charge >= 0.3 is 0 Å². The lowest BCUT2D eigenvalue weighted by atomic mass is 9.76. The Morgan fingerprint density at radius 3 is 2.25 bits per heavy atom. The van der Waals surface area contributed by atoms with Gasteiger partial charge in [-0.05, 0) is 41.3 Å². The summed E-state index contributed by atoms with van der Waals surface area (Å²) < 4.78 is 55.7. The quantitative estimate of drug-likeness (QED) is 0.276. The van der Waals surface area contributed by atoms with Crippen molar-refractivity contribution in [2.45, 2.75) is 37.2 Å². The normalized spacial score (nSPS) is 14.2. The number of allylic oxidation sites excluding steroid dienone is 1. The van der Waals surface area contributed by atoms with Crippen molar-refractivity contribution in [3.8, 4) is 5.75 Å². The zero-order valence-electron chi connectivity index (χ0n) is 21.1. The average Bonchev–Trinajstić information content (AvgIpc) is 2.87. The first-order chi connectivity index (χ1) is 17.2. The first-order valence-corrected chi connectivity index (χ1v) is 13.3. The predicted octanol–water partition coefficient (Wildman–Crippen LogP) is 5.72. The van der Waals surface area contributed by atoms with Crippen LogP contribution in [0.2, 0.25) is 0 Å². The second-order valence-electron chi connectivity index (χ2n) is 9.03. The van der Waals surface area contributed by atoms with Gasteiger partial charge in [0.15, 0.2) is 0 Å². The highest BCUT2D eigenvalue weighted by molar-refractivity contribution is 7.89. The predicted molar refractivity (Wildman–Crippen MR) is 142 cm³/mol. The van der Waals surface area contributed by atoms with Crippen molar-refractivity contribution in [1.82, 2.24) is 4.31 Å². The van der Waals surface area contributed by atoms with Crippen molar-refractivity contribution >= 4 is 10.0 Å². The molecule has 0 aliphatic carbocycles. The highest BCUT2D eigenvalue weighted by Crippen LogP contribution is 2.38. The third-order valence-corrected chi connectivity index (χ3v) is 8.88. The molecule has 0 aromatic heterocycles. The molecule has 0 bridgehead atoms. The van der Waals surface area contributed by atoms with E-state index in [-0.39, 0.29) is 26.2 Å². The van der Waals surface area contributed by atoms with Crippen LogP contribution >= 0.6 is 0 Å². The van der Waals surface area contributed by atoms with Gasteiger partial charge in [0.05, 0.1) is 20.3 Å². The summed E-state index contributed by atoms with van der Waals surface area (Å²) in [6.07, 6.45) is 1.89. The number of sulfonamides is 1. The number of halogens is 1. The zero-order valence-corrected chi connectivity index (χ0v) is 21.9. The van der Waals surface area contributed by atoms with Crippen LogP contribution in [0.1, 0.15) is 30.0 Å². The van der Waals surface area contributed by atoms with E-state index in [0.29, 0.717) is 11.3 Å². The molecule has 0 heterocycles. The zero-order chi connectivity index (χ0) is 26.2. The number of hydrogen-bond donors (Lipinski definition) is 0. The van der Waals surface area contributed by atoms with Gasteiger partial charge in [-0.3, -0.25) is 0 Å². The van der Waals surface area contributed by atoms with E-state index in [0.717, 1.165) is 11.1 Å². The first-order valence-electron chi connectivity index (χ1n) is 11.8. The lowest BCUT2D eigenvalue weighted by Crippen LogP contribution is -2.50. The van der Waals surface area contributed by atoms with Crippen molar-refractivity contribution in [3.63, 3.8) is 0 Å². The lowest BCUT2D eigenvalue weighted by Gasteiger charge is -2.39. The van der Waals surface area contributed by atoms with Crippen molar-refractivity contribution < 1.29 is 22.3 Å². The summed E-state index contributed by atoms with van der Waals surface area (Å²) in [6.45, 7) is 5.90. The molecule has 0 spiro atoms. The summed E-state index contributed by atoms with van der Waals surface area (Å²) in [7, 11) is -0.832. The molecule has 2 atom stereocenters. The highest BCUT2D eigenvalue weighted by Gasteiger charge is 2.46. The molecule has 0 saturated carbocycles. The van der Waals surface area contributed by atoms with Crippen LogP contribution in [0.15, 0.2) is 91.5 Å². The van der Waals surface area contributed by atoms with Gasteiger partial charge in [0.1, 0.15) is 16.8 Å². The molecule has 0 amide bonds. The van der Waals surface area contributed by atoms with Crippen molar-refractivity contribution in [2.75, 3.05) is 20.8 Å². The Morgan fingerprint density at radius 2 is 1.64 bits per heavy atom. The Bertz CT molecular complexity index is 1230. The van der Waals surface area contributed by atoms with Gasteiger partial charge in [-0.2, -0.15) is 0 Å². The van der Waals surface area contributed by atoms with Gasteiger partial charge in [-0.15, -0.1) is 6.58 Å². The van der Waals surface area contributed by atoms with Crippen molar-refractivity contribution in [1.29, 1.82) is 0 Å². The van der Waals surface area contributed by atoms with E-state index < -0.39 is 26.5 Å². The summed E-state index contributed by atoms with van der Waals surface area (Å²) in [6, 6.07) is 23.1. The monoisotopic (exact) mass is 511 g/mol. The van der Waals surface area contributed by atoms with Crippen LogP contribution in [-0.4, -0.2) is 38.7 Å². The Morgan fingerprint density at radius 1 is 1.00 bits per heavy atom. The number of rotatable bonds is 13. The van der Waals surface area contributed by atoms with Gasteiger partial charge in [-0.25, -0.2) is 17.1 Å². The molecule has 2 unspecified atom stereocenters. The highest BCUT2D eigenvalue weighted by atomic mass is 32.2. The molecule has 0 fully saturated rings. The molecule has 0 aliphatic heterocycles. The van der Waals surface area contributed by atoms with E-state index in [1.165, 1.54) is 10.4 Å². The number of hydrogen-bond acceptors (Lipinski definition) is 4. The first kappa shape index (κ1) is 27.6. The van der Waals surface area contributed by atoms with E-state index in [1.807, 2.05) is 42.5 Å². The third-order valence-electron chi connectivity index (χ3n) is 6.51. The molecule has 0 saturated heterocycles. The fraction of sp³-hybridized carbons (Fsp3) is 0.310. The Labute approximate surface area is 214 Å². The summed E-state index contributed by atoms with van der Waals surface area (Å²) in [5.74, 6) is 0.234. The second-order valence-corrected chi connectivity index (χ2v) is 11.3. The van der Waals surface area contributed by atoms with Crippen LogP contribution < -0.4 is 4.74 Å². The molecule has 3 aromatic rings. The second kappa shape index (κ2) is 12.3. The minimum absolute atomic E-state index is 0.108. The SMILES string of the molecule is C=CCC(C)(c1ccccc1F)C(COCc1ccccc1)S(=O)(=O)N(C)Cc1ccc(OC)cc1. The largest absolute Gasteiger partial charge is 0.497 e. The standard InChI is InChI=1S/C29H34FNO4S/c1-5-19-29(2,26-13-9-10-14-27(26)30)28(22-35-21-24-11-7-6-8-12-24)36(32,33)31(3)20-23-15-17-25(34-4)18-16-23/h5-18,28H,1,19-22H2,2-4H3. The molecular weight excluding hydrogens is 477 g/mol. The maximum atomic E-state index is 15.1. The molecule has 5 nitrogen and oxygen atoms in total. The average molecular weight is 512 g/mol. The van der Waals surface area contributed by atoms with Crippen LogP contribution in [0.3, 0.4) is 0 Å². The van der Waals surface area contributed by atoms with E-state index in [1.54, 1.807) is 57.5 Å².